The predicted molar refractivity (Wildman–Crippen MR) is 53.5 cm³/mol. The van der Waals surface area contributed by atoms with E-state index in [9.17, 15) is 9.59 Å². The molecule has 0 aliphatic carbocycles. The minimum absolute atomic E-state index is 0.230. The summed E-state index contributed by atoms with van der Waals surface area (Å²) in [4.78, 5) is 21.6. The third-order valence-corrected chi connectivity index (χ3v) is 1.96. The second-order valence-electron chi connectivity index (χ2n) is 3.32. The number of carbonyl (C=O) groups is 2. The Kier molecular flexibility index (Phi) is 4.93. The second kappa shape index (κ2) is 5.43. The van der Waals surface area contributed by atoms with Gasteiger partial charge in [0.15, 0.2) is 0 Å². The molecule has 0 saturated heterocycles. The molecule has 0 aromatic heterocycles. The molecule has 0 bridgehead atoms. The summed E-state index contributed by atoms with van der Waals surface area (Å²) in [6, 6.07) is -0.606. The molecule has 1 unspecified atom stereocenters. The van der Waals surface area contributed by atoms with E-state index in [1.807, 2.05) is 6.92 Å². The van der Waals surface area contributed by atoms with Gasteiger partial charge in [0.25, 0.3) is 0 Å². The maximum absolute atomic E-state index is 11.4. The fraction of sp³-hybridized carbons (Fsp3) is 0.750. The third kappa shape index (κ3) is 4.66. The summed E-state index contributed by atoms with van der Waals surface area (Å²) in [6.07, 6.45) is 0.558. The first-order valence-corrected chi connectivity index (χ1v) is 4.50. The molecule has 82 valence electrons. The van der Waals surface area contributed by atoms with Gasteiger partial charge in [-0.25, -0.2) is 4.79 Å². The van der Waals surface area contributed by atoms with Crippen molar-refractivity contribution in [1.82, 2.24) is 10.6 Å². The average Bonchev–Trinajstić information content (AvgIpc) is 2.11. The Balaban J connectivity index is 3.70. The maximum Gasteiger partial charge on any atom is 0.312 e. The Morgan fingerprint density at radius 1 is 1.29 bits per heavy atom. The molecule has 0 spiro atoms. The zero-order valence-electron chi connectivity index (χ0n) is 8.59. The Bertz CT molecular complexity index is 215. The first-order valence-electron chi connectivity index (χ1n) is 4.50. The van der Waals surface area contributed by atoms with Crippen molar-refractivity contribution in [2.24, 2.45) is 11.5 Å². The normalized spacial score (nSPS) is 14.2. The van der Waals surface area contributed by atoms with Crippen LogP contribution in [0.3, 0.4) is 0 Å². The summed E-state index contributed by atoms with van der Waals surface area (Å²) in [5.41, 5.74) is 9.66. The van der Waals surface area contributed by atoms with Crippen LogP contribution in [0.4, 0.5) is 4.79 Å². The number of primary amides is 1. The van der Waals surface area contributed by atoms with Gasteiger partial charge in [-0.2, -0.15) is 0 Å². The smallest absolute Gasteiger partial charge is 0.312 e. The van der Waals surface area contributed by atoms with Crippen molar-refractivity contribution >= 4 is 11.9 Å². The van der Waals surface area contributed by atoms with E-state index in [-0.39, 0.29) is 5.91 Å². The molecular weight excluding hydrogens is 184 g/mol. The SMILES string of the molecule is CCC(C)(N)C(=O)NCCNC(N)=O. The van der Waals surface area contributed by atoms with Gasteiger partial charge in [0, 0.05) is 13.1 Å². The van der Waals surface area contributed by atoms with Gasteiger partial charge in [-0.05, 0) is 13.3 Å². The highest BCUT2D eigenvalue weighted by Gasteiger charge is 2.24. The summed E-state index contributed by atoms with van der Waals surface area (Å²) < 4.78 is 0. The van der Waals surface area contributed by atoms with E-state index in [2.05, 4.69) is 10.6 Å². The zero-order chi connectivity index (χ0) is 11.2. The second-order valence-corrected chi connectivity index (χ2v) is 3.32. The molecule has 0 rings (SSSR count). The van der Waals surface area contributed by atoms with E-state index in [1.165, 1.54) is 0 Å². The maximum atomic E-state index is 11.4. The molecular formula is C8H18N4O2. The van der Waals surface area contributed by atoms with Crippen molar-refractivity contribution in [2.45, 2.75) is 25.8 Å². The summed E-state index contributed by atoms with van der Waals surface area (Å²) >= 11 is 0. The van der Waals surface area contributed by atoms with Crippen LogP contribution in [0, 0.1) is 0 Å². The van der Waals surface area contributed by atoms with Crippen LogP contribution in [-0.2, 0) is 4.79 Å². The van der Waals surface area contributed by atoms with Crippen LogP contribution in [0.25, 0.3) is 0 Å². The lowest BCUT2D eigenvalue weighted by Crippen LogP contribution is -2.52. The molecule has 0 heterocycles. The Morgan fingerprint density at radius 3 is 2.21 bits per heavy atom. The Morgan fingerprint density at radius 2 is 1.79 bits per heavy atom. The highest BCUT2D eigenvalue weighted by molar-refractivity contribution is 5.85. The van der Waals surface area contributed by atoms with Crippen molar-refractivity contribution in [2.75, 3.05) is 13.1 Å². The van der Waals surface area contributed by atoms with Crippen LogP contribution in [0.5, 0.6) is 0 Å². The van der Waals surface area contributed by atoms with Crippen molar-refractivity contribution in [1.29, 1.82) is 0 Å². The summed E-state index contributed by atoms with van der Waals surface area (Å²) in [6.45, 7) is 4.13. The largest absolute Gasteiger partial charge is 0.353 e. The zero-order valence-corrected chi connectivity index (χ0v) is 8.59. The highest BCUT2D eigenvalue weighted by Crippen LogP contribution is 2.03. The quantitative estimate of drug-likeness (QED) is 0.424. The van der Waals surface area contributed by atoms with Crippen molar-refractivity contribution < 1.29 is 9.59 Å². The number of nitrogens with two attached hydrogens (primary N) is 2. The van der Waals surface area contributed by atoms with Gasteiger partial charge in [-0.3, -0.25) is 4.79 Å². The fourth-order valence-corrected chi connectivity index (χ4v) is 0.724. The van der Waals surface area contributed by atoms with Gasteiger partial charge in [0.05, 0.1) is 5.54 Å². The first kappa shape index (κ1) is 12.7. The molecule has 14 heavy (non-hydrogen) atoms. The number of hydrogen-bond donors (Lipinski definition) is 4. The topological polar surface area (TPSA) is 110 Å². The van der Waals surface area contributed by atoms with Crippen LogP contribution in [0.1, 0.15) is 20.3 Å². The number of nitrogens with one attached hydrogen (secondary N) is 2. The number of hydrogen-bond acceptors (Lipinski definition) is 3. The van der Waals surface area contributed by atoms with Crippen molar-refractivity contribution in [3.63, 3.8) is 0 Å². The van der Waals surface area contributed by atoms with E-state index in [1.54, 1.807) is 6.92 Å². The van der Waals surface area contributed by atoms with E-state index in [0.29, 0.717) is 19.5 Å². The highest BCUT2D eigenvalue weighted by atomic mass is 16.2. The van der Waals surface area contributed by atoms with Gasteiger partial charge < -0.3 is 22.1 Å². The third-order valence-electron chi connectivity index (χ3n) is 1.96. The van der Waals surface area contributed by atoms with Crippen LogP contribution in [0.15, 0.2) is 0 Å². The van der Waals surface area contributed by atoms with Gasteiger partial charge in [-0.15, -0.1) is 0 Å². The van der Waals surface area contributed by atoms with E-state index < -0.39 is 11.6 Å². The first-order chi connectivity index (χ1) is 6.40. The molecule has 0 fully saturated rings. The van der Waals surface area contributed by atoms with Gasteiger partial charge in [0.1, 0.15) is 0 Å². The Labute approximate surface area is 83.4 Å². The van der Waals surface area contributed by atoms with Crippen molar-refractivity contribution in [3.8, 4) is 0 Å². The lowest BCUT2D eigenvalue weighted by Gasteiger charge is -2.21. The molecule has 0 saturated carbocycles. The minimum Gasteiger partial charge on any atom is -0.353 e. The number of urea groups is 1. The van der Waals surface area contributed by atoms with E-state index in [0.717, 1.165) is 0 Å². The molecule has 0 aliphatic rings. The summed E-state index contributed by atoms with van der Waals surface area (Å²) in [5, 5.41) is 4.95. The lowest BCUT2D eigenvalue weighted by molar-refractivity contribution is -0.125. The van der Waals surface area contributed by atoms with Crippen molar-refractivity contribution in [3.05, 3.63) is 0 Å². The monoisotopic (exact) mass is 202 g/mol. The van der Waals surface area contributed by atoms with E-state index in [4.69, 9.17) is 11.5 Å². The van der Waals surface area contributed by atoms with Crippen LogP contribution in [-0.4, -0.2) is 30.6 Å². The van der Waals surface area contributed by atoms with Crippen LogP contribution >= 0.6 is 0 Å². The summed E-state index contributed by atoms with van der Waals surface area (Å²) in [7, 11) is 0. The summed E-state index contributed by atoms with van der Waals surface area (Å²) in [5.74, 6) is -0.230. The van der Waals surface area contributed by atoms with Crippen LogP contribution < -0.4 is 22.1 Å². The molecule has 0 aliphatic heterocycles. The fourth-order valence-electron chi connectivity index (χ4n) is 0.724. The van der Waals surface area contributed by atoms with Crippen LogP contribution in [0.2, 0.25) is 0 Å². The van der Waals surface area contributed by atoms with Gasteiger partial charge in [-0.1, -0.05) is 6.92 Å². The number of rotatable bonds is 5. The predicted octanol–water partition coefficient (Wildman–Crippen LogP) is -1.10. The standard InChI is InChI=1S/C8H18N4O2/c1-3-8(2,10)6(13)11-4-5-12-7(9)14/h3-5,10H2,1-2H3,(H,11,13)(H3,9,12,14). The number of amides is 3. The molecule has 0 aromatic carbocycles. The number of carbonyl (C=O) groups excluding carboxylic acids is 2. The Hall–Kier alpha value is -1.30. The molecule has 6 nitrogen and oxygen atoms in total. The molecule has 1 atom stereocenters. The minimum atomic E-state index is -0.854. The molecule has 6 N–H and O–H groups in total. The van der Waals surface area contributed by atoms with E-state index >= 15 is 0 Å². The van der Waals surface area contributed by atoms with Gasteiger partial charge >= 0.3 is 6.03 Å². The molecule has 0 radical (unpaired) electrons. The molecule has 0 aromatic rings. The van der Waals surface area contributed by atoms with Gasteiger partial charge in [0.2, 0.25) is 5.91 Å². The average molecular weight is 202 g/mol. The molecule has 3 amide bonds. The lowest BCUT2D eigenvalue weighted by atomic mass is 10.00. The molecule has 6 heteroatoms.